The summed E-state index contributed by atoms with van der Waals surface area (Å²) in [7, 11) is 1.60. The van der Waals surface area contributed by atoms with Crippen molar-refractivity contribution in [3.8, 4) is 5.75 Å². The molecule has 2 aliphatic heterocycles. The average molecular weight is 481 g/mol. The molecule has 9 heteroatoms. The van der Waals surface area contributed by atoms with E-state index in [2.05, 4.69) is 20.5 Å². The number of nitrogens with one attached hydrogen (secondary N) is 2. The zero-order valence-electron chi connectivity index (χ0n) is 19.2. The van der Waals surface area contributed by atoms with E-state index in [1.165, 1.54) is 11.8 Å². The lowest BCUT2D eigenvalue weighted by molar-refractivity contribution is -0.121. The summed E-state index contributed by atoms with van der Waals surface area (Å²) in [6.45, 7) is 3.72. The number of aliphatic imine (C=N–C) groups is 1. The Kier molecular flexibility index (Phi) is 7.52. The van der Waals surface area contributed by atoms with E-state index in [9.17, 15) is 14.4 Å². The van der Waals surface area contributed by atoms with Crippen LogP contribution in [0.1, 0.15) is 48.1 Å². The SMILES string of the molecule is COc1ccccc1[C@H](C)NC(=O)c1ccc(NC(=O)C[C@@H]2SC(N3CCCC3)=NC2=O)cc1. The van der Waals surface area contributed by atoms with Crippen LogP contribution in [0.15, 0.2) is 53.5 Å². The Morgan fingerprint density at radius 1 is 1.15 bits per heavy atom. The largest absolute Gasteiger partial charge is 0.496 e. The molecule has 0 bridgehead atoms. The summed E-state index contributed by atoms with van der Waals surface area (Å²) in [4.78, 5) is 43.6. The van der Waals surface area contributed by atoms with Crippen molar-refractivity contribution < 1.29 is 19.1 Å². The number of ether oxygens (including phenoxy) is 1. The number of carbonyl (C=O) groups excluding carboxylic acids is 3. The third-order valence-corrected chi connectivity index (χ3v) is 7.07. The van der Waals surface area contributed by atoms with Crippen LogP contribution >= 0.6 is 11.8 Å². The maximum Gasteiger partial charge on any atom is 0.262 e. The van der Waals surface area contributed by atoms with Crippen LogP contribution in [0.25, 0.3) is 0 Å². The molecule has 8 nitrogen and oxygen atoms in total. The molecule has 0 saturated carbocycles. The normalized spacial score (nSPS) is 18.4. The molecular formula is C25H28N4O4S. The molecular weight excluding hydrogens is 452 g/mol. The highest BCUT2D eigenvalue weighted by molar-refractivity contribution is 8.15. The van der Waals surface area contributed by atoms with Gasteiger partial charge in [0.1, 0.15) is 11.0 Å². The van der Waals surface area contributed by atoms with Crippen LogP contribution in [0, 0.1) is 0 Å². The van der Waals surface area contributed by atoms with Gasteiger partial charge in [0.2, 0.25) is 5.91 Å². The number of para-hydroxylation sites is 1. The third-order valence-electron chi connectivity index (χ3n) is 5.86. The summed E-state index contributed by atoms with van der Waals surface area (Å²) < 4.78 is 5.37. The molecule has 0 aromatic heterocycles. The van der Waals surface area contributed by atoms with Crippen molar-refractivity contribution in [2.24, 2.45) is 4.99 Å². The number of hydrogen-bond donors (Lipinski definition) is 2. The van der Waals surface area contributed by atoms with E-state index in [0.29, 0.717) is 17.0 Å². The minimum absolute atomic E-state index is 0.0585. The molecule has 2 aromatic carbocycles. The molecule has 34 heavy (non-hydrogen) atoms. The van der Waals surface area contributed by atoms with Gasteiger partial charge >= 0.3 is 0 Å². The highest BCUT2D eigenvalue weighted by atomic mass is 32.2. The first-order valence-corrected chi connectivity index (χ1v) is 12.2. The standard InChI is InChI=1S/C25H28N4O4S/c1-16(19-7-3-4-8-20(19)33-2)26-23(31)17-9-11-18(12-10-17)27-22(30)15-21-24(32)28-25(34-21)29-13-5-6-14-29/h3-4,7-12,16,21H,5-6,13-15H2,1-2H3,(H,26,31)(H,27,30)/t16-,21-/m0/s1. The minimum Gasteiger partial charge on any atom is -0.496 e. The Bertz CT molecular complexity index is 1100. The van der Waals surface area contributed by atoms with Gasteiger partial charge in [0.15, 0.2) is 5.17 Å². The molecule has 178 valence electrons. The molecule has 2 N–H and O–H groups in total. The molecule has 0 unspecified atom stereocenters. The Morgan fingerprint density at radius 2 is 1.85 bits per heavy atom. The van der Waals surface area contributed by atoms with Crippen molar-refractivity contribution in [2.45, 2.75) is 37.5 Å². The van der Waals surface area contributed by atoms with Crippen molar-refractivity contribution in [2.75, 3.05) is 25.5 Å². The van der Waals surface area contributed by atoms with Crippen LogP contribution in [-0.4, -0.2) is 53.2 Å². The first kappa shape index (κ1) is 23.8. The van der Waals surface area contributed by atoms with Gasteiger partial charge in [-0.3, -0.25) is 14.4 Å². The highest BCUT2D eigenvalue weighted by Crippen LogP contribution is 2.29. The number of rotatable bonds is 7. The van der Waals surface area contributed by atoms with Crippen molar-refractivity contribution in [1.29, 1.82) is 0 Å². The quantitative estimate of drug-likeness (QED) is 0.628. The number of amides is 3. The van der Waals surface area contributed by atoms with Gasteiger partial charge in [-0.1, -0.05) is 30.0 Å². The molecule has 2 aliphatic rings. The fourth-order valence-corrected chi connectivity index (χ4v) is 5.14. The molecule has 1 fully saturated rings. The maximum atomic E-state index is 12.7. The maximum absolute atomic E-state index is 12.7. The first-order valence-electron chi connectivity index (χ1n) is 11.3. The predicted octanol–water partition coefficient (Wildman–Crippen LogP) is 3.61. The fraction of sp³-hybridized carbons (Fsp3) is 0.360. The van der Waals surface area contributed by atoms with Crippen molar-refractivity contribution >= 4 is 40.3 Å². The molecule has 0 radical (unpaired) electrons. The molecule has 1 saturated heterocycles. The summed E-state index contributed by atoms with van der Waals surface area (Å²) in [5.41, 5.74) is 1.93. The average Bonchev–Trinajstić information content (AvgIpc) is 3.49. The Balaban J connectivity index is 1.29. The van der Waals surface area contributed by atoms with E-state index in [0.717, 1.165) is 36.7 Å². The minimum atomic E-state index is -0.489. The van der Waals surface area contributed by atoms with Gasteiger partial charge in [-0.05, 0) is 50.1 Å². The molecule has 0 aliphatic carbocycles. The van der Waals surface area contributed by atoms with Crippen LogP contribution in [0.2, 0.25) is 0 Å². The van der Waals surface area contributed by atoms with Crippen LogP contribution in [0.4, 0.5) is 5.69 Å². The summed E-state index contributed by atoms with van der Waals surface area (Å²) in [5, 5.41) is 6.01. The predicted molar refractivity (Wildman–Crippen MR) is 133 cm³/mol. The number of methoxy groups -OCH3 is 1. The van der Waals surface area contributed by atoms with E-state index in [-0.39, 0.29) is 30.2 Å². The lowest BCUT2D eigenvalue weighted by Gasteiger charge is -2.17. The van der Waals surface area contributed by atoms with E-state index < -0.39 is 5.25 Å². The van der Waals surface area contributed by atoms with Crippen LogP contribution in [0.3, 0.4) is 0 Å². The van der Waals surface area contributed by atoms with Gasteiger partial charge in [0, 0.05) is 36.3 Å². The van der Waals surface area contributed by atoms with Gasteiger partial charge in [-0.15, -0.1) is 0 Å². The zero-order valence-corrected chi connectivity index (χ0v) is 20.1. The van der Waals surface area contributed by atoms with Gasteiger partial charge in [0.25, 0.3) is 11.8 Å². The highest BCUT2D eigenvalue weighted by Gasteiger charge is 2.33. The van der Waals surface area contributed by atoms with Gasteiger partial charge in [0.05, 0.1) is 13.2 Å². The number of thioether (sulfide) groups is 1. The lowest BCUT2D eigenvalue weighted by Crippen LogP contribution is -2.27. The van der Waals surface area contributed by atoms with Crippen molar-refractivity contribution in [1.82, 2.24) is 10.2 Å². The molecule has 0 spiro atoms. The van der Waals surface area contributed by atoms with Crippen molar-refractivity contribution in [3.63, 3.8) is 0 Å². The fourth-order valence-electron chi connectivity index (χ4n) is 4.02. The smallest absolute Gasteiger partial charge is 0.262 e. The first-order chi connectivity index (χ1) is 16.4. The number of likely N-dealkylation sites (tertiary alicyclic amines) is 1. The second-order valence-electron chi connectivity index (χ2n) is 8.30. The Labute approximate surface area is 203 Å². The number of amidine groups is 1. The molecule has 2 aromatic rings. The molecule has 2 heterocycles. The summed E-state index contributed by atoms with van der Waals surface area (Å²) in [6, 6.07) is 14.0. The van der Waals surface area contributed by atoms with Crippen LogP contribution in [-0.2, 0) is 9.59 Å². The number of anilines is 1. The van der Waals surface area contributed by atoms with Crippen molar-refractivity contribution in [3.05, 3.63) is 59.7 Å². The number of benzene rings is 2. The summed E-state index contributed by atoms with van der Waals surface area (Å²) >= 11 is 1.37. The van der Waals surface area contributed by atoms with E-state index in [1.54, 1.807) is 31.4 Å². The Morgan fingerprint density at radius 3 is 2.56 bits per heavy atom. The van der Waals surface area contributed by atoms with Gasteiger partial charge in [-0.2, -0.15) is 4.99 Å². The summed E-state index contributed by atoms with van der Waals surface area (Å²) in [6.07, 6.45) is 2.27. The number of nitrogens with zero attached hydrogens (tertiary/aromatic N) is 2. The van der Waals surface area contributed by atoms with Gasteiger partial charge < -0.3 is 20.3 Å². The van der Waals surface area contributed by atoms with Gasteiger partial charge in [-0.25, -0.2) is 0 Å². The zero-order chi connectivity index (χ0) is 24.1. The third kappa shape index (κ3) is 5.59. The van der Waals surface area contributed by atoms with Crippen LogP contribution in [0.5, 0.6) is 5.75 Å². The molecule has 2 atom stereocenters. The molecule has 4 rings (SSSR count). The van der Waals surface area contributed by atoms with E-state index in [4.69, 9.17) is 4.74 Å². The second kappa shape index (κ2) is 10.7. The topological polar surface area (TPSA) is 100 Å². The lowest BCUT2D eigenvalue weighted by atomic mass is 10.1. The van der Waals surface area contributed by atoms with Crippen LogP contribution < -0.4 is 15.4 Å². The molecule has 3 amide bonds. The number of hydrogen-bond acceptors (Lipinski definition) is 6. The number of carbonyl (C=O) groups is 3. The Hall–Kier alpha value is -3.33. The van der Waals surface area contributed by atoms with E-state index >= 15 is 0 Å². The monoisotopic (exact) mass is 480 g/mol. The summed E-state index contributed by atoms with van der Waals surface area (Å²) in [5.74, 6) is -0.0231. The van der Waals surface area contributed by atoms with E-state index in [1.807, 2.05) is 31.2 Å². The second-order valence-corrected chi connectivity index (χ2v) is 9.47.